The highest BCUT2D eigenvalue weighted by atomic mass is 35.5. The summed E-state index contributed by atoms with van der Waals surface area (Å²) >= 11 is 6.40. The Morgan fingerprint density at radius 1 is 1.24 bits per heavy atom. The second kappa shape index (κ2) is 7.72. The molecular formula is C18H16ClN5O. The summed E-state index contributed by atoms with van der Waals surface area (Å²) in [5.74, 6) is -0.316. The van der Waals surface area contributed by atoms with Crippen LogP contribution in [0.25, 0.3) is 0 Å². The number of hydrogen-bond donors (Lipinski definition) is 1. The maximum Gasteiger partial charge on any atom is 0.271 e. The average molecular weight is 354 g/mol. The number of hydrogen-bond acceptors (Lipinski definition) is 4. The van der Waals surface area contributed by atoms with Gasteiger partial charge in [-0.05, 0) is 24.6 Å². The van der Waals surface area contributed by atoms with Gasteiger partial charge >= 0.3 is 0 Å². The predicted molar refractivity (Wildman–Crippen MR) is 96.8 cm³/mol. The fourth-order valence-electron chi connectivity index (χ4n) is 2.30. The molecule has 0 saturated carbocycles. The molecule has 0 radical (unpaired) electrons. The van der Waals surface area contributed by atoms with E-state index in [1.165, 1.54) is 6.21 Å². The van der Waals surface area contributed by atoms with E-state index in [2.05, 4.69) is 20.6 Å². The van der Waals surface area contributed by atoms with Crippen LogP contribution in [-0.2, 0) is 6.54 Å². The normalized spacial score (nSPS) is 11.0. The first-order chi connectivity index (χ1) is 12.1. The summed E-state index contributed by atoms with van der Waals surface area (Å²) in [6.07, 6.45) is 4.60. The Morgan fingerprint density at radius 3 is 2.68 bits per heavy atom. The van der Waals surface area contributed by atoms with Gasteiger partial charge < -0.3 is 0 Å². The van der Waals surface area contributed by atoms with Crippen LogP contribution in [0, 0.1) is 6.92 Å². The molecule has 0 aliphatic carbocycles. The standard InChI is InChI=1S/C18H16ClN5O/c1-13-16(11-21-22-18(25)15-7-9-20-10-8-15)17(19)24(23-13)12-14-5-3-2-4-6-14/h2-11H,12H2,1H3,(H,22,25)/b21-11-. The SMILES string of the molecule is Cc1nn(Cc2ccccc2)c(Cl)c1/C=N\NC(=O)c1ccncc1. The Kier molecular flexibility index (Phi) is 5.20. The zero-order chi connectivity index (χ0) is 17.6. The first-order valence-corrected chi connectivity index (χ1v) is 8.03. The van der Waals surface area contributed by atoms with E-state index in [0.29, 0.717) is 22.8 Å². The van der Waals surface area contributed by atoms with Crippen LogP contribution in [0.1, 0.15) is 27.2 Å². The quantitative estimate of drug-likeness (QED) is 0.566. The van der Waals surface area contributed by atoms with Crippen LogP contribution >= 0.6 is 11.6 Å². The molecule has 1 aromatic carbocycles. The van der Waals surface area contributed by atoms with Gasteiger partial charge in [-0.15, -0.1) is 0 Å². The number of rotatable bonds is 5. The van der Waals surface area contributed by atoms with Crippen LogP contribution in [0.3, 0.4) is 0 Å². The summed E-state index contributed by atoms with van der Waals surface area (Å²) in [4.78, 5) is 15.8. The number of benzene rings is 1. The number of nitrogens with one attached hydrogen (secondary N) is 1. The number of nitrogens with zero attached hydrogens (tertiary/aromatic N) is 4. The van der Waals surface area contributed by atoms with Gasteiger partial charge in [0.15, 0.2) is 0 Å². The average Bonchev–Trinajstić information content (AvgIpc) is 2.90. The van der Waals surface area contributed by atoms with Crippen molar-refractivity contribution < 1.29 is 4.79 Å². The summed E-state index contributed by atoms with van der Waals surface area (Å²) in [6.45, 7) is 2.41. The molecule has 0 spiro atoms. The van der Waals surface area contributed by atoms with Crippen molar-refractivity contribution in [2.24, 2.45) is 5.10 Å². The van der Waals surface area contributed by atoms with Crippen molar-refractivity contribution in [3.05, 3.63) is 82.4 Å². The highest BCUT2D eigenvalue weighted by Crippen LogP contribution is 2.19. The van der Waals surface area contributed by atoms with Gasteiger partial charge in [-0.3, -0.25) is 9.78 Å². The third kappa shape index (κ3) is 4.10. The van der Waals surface area contributed by atoms with E-state index in [9.17, 15) is 4.79 Å². The third-order valence-electron chi connectivity index (χ3n) is 3.59. The van der Waals surface area contributed by atoms with Gasteiger partial charge in [0.1, 0.15) is 5.15 Å². The van der Waals surface area contributed by atoms with E-state index in [1.807, 2.05) is 37.3 Å². The minimum Gasteiger partial charge on any atom is -0.267 e. The van der Waals surface area contributed by atoms with E-state index in [0.717, 1.165) is 11.3 Å². The molecule has 0 aliphatic heterocycles. The van der Waals surface area contributed by atoms with E-state index in [1.54, 1.807) is 29.2 Å². The third-order valence-corrected chi connectivity index (χ3v) is 3.99. The van der Waals surface area contributed by atoms with Gasteiger partial charge in [0.05, 0.1) is 24.0 Å². The van der Waals surface area contributed by atoms with Gasteiger partial charge in [-0.2, -0.15) is 10.2 Å². The summed E-state index contributed by atoms with van der Waals surface area (Å²) in [7, 11) is 0. The van der Waals surface area contributed by atoms with Crippen LogP contribution in [-0.4, -0.2) is 26.9 Å². The Labute approximate surface area is 150 Å². The highest BCUT2D eigenvalue weighted by molar-refractivity contribution is 6.32. The second-order valence-electron chi connectivity index (χ2n) is 5.37. The van der Waals surface area contributed by atoms with E-state index >= 15 is 0 Å². The maximum atomic E-state index is 11.9. The molecule has 0 aliphatic rings. The lowest BCUT2D eigenvalue weighted by Gasteiger charge is -2.03. The number of carbonyl (C=O) groups is 1. The first kappa shape index (κ1) is 16.9. The number of pyridine rings is 1. The molecule has 3 aromatic rings. The van der Waals surface area contributed by atoms with Crippen LogP contribution in [0.15, 0.2) is 60.0 Å². The molecule has 0 atom stereocenters. The number of amides is 1. The molecule has 25 heavy (non-hydrogen) atoms. The van der Waals surface area contributed by atoms with Crippen molar-refractivity contribution in [2.45, 2.75) is 13.5 Å². The number of aromatic nitrogens is 3. The van der Waals surface area contributed by atoms with E-state index in [-0.39, 0.29) is 5.91 Å². The molecule has 3 rings (SSSR count). The number of carbonyl (C=O) groups excluding carboxylic acids is 1. The Bertz CT molecular complexity index is 891. The smallest absolute Gasteiger partial charge is 0.267 e. The first-order valence-electron chi connectivity index (χ1n) is 7.65. The molecule has 126 valence electrons. The summed E-state index contributed by atoms with van der Waals surface area (Å²) in [5, 5.41) is 8.89. The van der Waals surface area contributed by atoms with Crippen molar-refractivity contribution >= 4 is 23.7 Å². The molecule has 0 unspecified atom stereocenters. The molecular weight excluding hydrogens is 338 g/mol. The largest absolute Gasteiger partial charge is 0.271 e. The predicted octanol–water partition coefficient (Wildman–Crippen LogP) is 3.05. The molecule has 1 N–H and O–H groups in total. The van der Waals surface area contributed by atoms with E-state index < -0.39 is 0 Å². The molecule has 0 fully saturated rings. The topological polar surface area (TPSA) is 72.2 Å². The lowest BCUT2D eigenvalue weighted by molar-refractivity contribution is 0.0955. The zero-order valence-electron chi connectivity index (χ0n) is 13.6. The van der Waals surface area contributed by atoms with E-state index in [4.69, 9.17) is 11.6 Å². The zero-order valence-corrected chi connectivity index (χ0v) is 14.3. The molecule has 7 heteroatoms. The lowest BCUT2D eigenvalue weighted by atomic mass is 10.2. The molecule has 6 nitrogen and oxygen atoms in total. The minimum atomic E-state index is -0.316. The number of hydrazone groups is 1. The van der Waals surface area contributed by atoms with Crippen molar-refractivity contribution in [3.8, 4) is 0 Å². The highest BCUT2D eigenvalue weighted by Gasteiger charge is 2.12. The lowest BCUT2D eigenvalue weighted by Crippen LogP contribution is -2.17. The molecule has 1 amide bonds. The molecule has 2 heterocycles. The van der Waals surface area contributed by atoms with Gasteiger partial charge in [0, 0.05) is 18.0 Å². The fourth-order valence-corrected chi connectivity index (χ4v) is 2.58. The Morgan fingerprint density at radius 2 is 1.96 bits per heavy atom. The summed E-state index contributed by atoms with van der Waals surface area (Å²) < 4.78 is 1.71. The van der Waals surface area contributed by atoms with Gasteiger partial charge in [0.2, 0.25) is 0 Å². The van der Waals surface area contributed by atoms with Gasteiger partial charge in [0.25, 0.3) is 5.91 Å². The monoisotopic (exact) mass is 353 g/mol. The molecule has 2 aromatic heterocycles. The summed E-state index contributed by atoms with van der Waals surface area (Å²) in [5.41, 5.74) is 5.46. The van der Waals surface area contributed by atoms with Crippen LogP contribution in [0.5, 0.6) is 0 Å². The van der Waals surface area contributed by atoms with Crippen molar-refractivity contribution in [1.29, 1.82) is 0 Å². The fraction of sp³-hybridized carbons (Fsp3) is 0.111. The van der Waals surface area contributed by atoms with Gasteiger partial charge in [-0.1, -0.05) is 41.9 Å². The maximum absolute atomic E-state index is 11.9. The molecule has 0 saturated heterocycles. The van der Waals surface area contributed by atoms with Crippen LogP contribution in [0.2, 0.25) is 5.15 Å². The second-order valence-corrected chi connectivity index (χ2v) is 5.73. The van der Waals surface area contributed by atoms with Crippen LogP contribution in [0.4, 0.5) is 0 Å². The number of aryl methyl sites for hydroxylation is 1. The van der Waals surface area contributed by atoms with Gasteiger partial charge in [-0.25, -0.2) is 10.1 Å². The van der Waals surface area contributed by atoms with Crippen molar-refractivity contribution in [2.75, 3.05) is 0 Å². The number of halogens is 1. The molecule has 0 bridgehead atoms. The minimum absolute atomic E-state index is 0.316. The Hall–Kier alpha value is -2.99. The Balaban J connectivity index is 1.71. The van der Waals surface area contributed by atoms with Crippen LogP contribution < -0.4 is 5.43 Å². The van der Waals surface area contributed by atoms with Crippen molar-refractivity contribution in [1.82, 2.24) is 20.2 Å². The summed E-state index contributed by atoms with van der Waals surface area (Å²) in [6, 6.07) is 13.1. The van der Waals surface area contributed by atoms with Crippen molar-refractivity contribution in [3.63, 3.8) is 0 Å².